The largest absolute Gasteiger partial charge is 0.352 e. The molecule has 1 aliphatic heterocycles. The van der Waals surface area contributed by atoms with Crippen molar-refractivity contribution in [2.75, 3.05) is 18.4 Å². The van der Waals surface area contributed by atoms with Crippen molar-refractivity contribution in [2.24, 2.45) is 17.3 Å². The van der Waals surface area contributed by atoms with Gasteiger partial charge in [0.05, 0.1) is 0 Å². The number of amides is 3. The highest BCUT2D eigenvalue weighted by molar-refractivity contribution is 5.92. The van der Waals surface area contributed by atoms with E-state index in [1.807, 2.05) is 63.8 Å². The van der Waals surface area contributed by atoms with Gasteiger partial charge in [-0.3, -0.25) is 14.4 Å². The Balaban J connectivity index is 1.78. The lowest BCUT2D eigenvalue weighted by molar-refractivity contribution is -0.142. The number of piperidine rings is 1. The molecule has 154 valence electrons. The van der Waals surface area contributed by atoms with Crippen LogP contribution in [0, 0.1) is 17.3 Å². The Morgan fingerprint density at radius 1 is 1.07 bits per heavy atom. The number of rotatable bonds is 5. The van der Waals surface area contributed by atoms with Crippen molar-refractivity contribution in [2.45, 2.75) is 54.0 Å². The predicted octanol–water partition coefficient (Wildman–Crippen LogP) is 3.18. The van der Waals surface area contributed by atoms with E-state index < -0.39 is 0 Å². The van der Waals surface area contributed by atoms with Gasteiger partial charge in [0.15, 0.2) is 0 Å². The smallest absolute Gasteiger partial charge is 0.227 e. The minimum absolute atomic E-state index is 0.0164. The van der Waals surface area contributed by atoms with Crippen LogP contribution in [0.2, 0.25) is 0 Å². The summed E-state index contributed by atoms with van der Waals surface area (Å²) in [6.07, 6.45) is 1.40. The molecule has 1 aromatic carbocycles. The average molecular weight is 388 g/mol. The van der Waals surface area contributed by atoms with Gasteiger partial charge in [-0.05, 0) is 30.5 Å². The summed E-state index contributed by atoms with van der Waals surface area (Å²) in [5, 5.41) is 5.84. The zero-order valence-corrected chi connectivity index (χ0v) is 17.7. The summed E-state index contributed by atoms with van der Waals surface area (Å²) in [5.74, 6) is 0.0612. The van der Waals surface area contributed by atoms with Crippen LogP contribution >= 0.6 is 0 Å². The zero-order valence-electron chi connectivity index (χ0n) is 17.7. The SMILES string of the molecule is CC(C)C(=O)Nc1ccc(CNC(=O)C2CCN(C(=O)C(C)(C)C)CC2)cc1. The van der Waals surface area contributed by atoms with E-state index in [2.05, 4.69) is 10.6 Å². The van der Waals surface area contributed by atoms with Gasteiger partial charge in [0.25, 0.3) is 0 Å². The highest BCUT2D eigenvalue weighted by atomic mass is 16.2. The number of benzene rings is 1. The molecule has 1 saturated heterocycles. The van der Waals surface area contributed by atoms with E-state index in [0.29, 0.717) is 32.5 Å². The maximum absolute atomic E-state index is 12.5. The second kappa shape index (κ2) is 9.22. The number of carbonyl (C=O) groups excluding carboxylic acids is 3. The molecule has 0 bridgehead atoms. The molecule has 2 rings (SSSR count). The van der Waals surface area contributed by atoms with Crippen molar-refractivity contribution in [3.8, 4) is 0 Å². The minimum atomic E-state index is -0.379. The van der Waals surface area contributed by atoms with Crippen LogP contribution in [-0.2, 0) is 20.9 Å². The van der Waals surface area contributed by atoms with Crippen LogP contribution in [-0.4, -0.2) is 35.7 Å². The molecular formula is C22H33N3O3. The number of carbonyl (C=O) groups is 3. The van der Waals surface area contributed by atoms with Crippen LogP contribution in [0.25, 0.3) is 0 Å². The van der Waals surface area contributed by atoms with E-state index in [0.717, 1.165) is 11.3 Å². The van der Waals surface area contributed by atoms with Crippen LogP contribution < -0.4 is 10.6 Å². The topological polar surface area (TPSA) is 78.5 Å². The third-order valence-corrected chi connectivity index (χ3v) is 5.01. The van der Waals surface area contributed by atoms with Gasteiger partial charge in [-0.2, -0.15) is 0 Å². The molecule has 0 spiro atoms. The molecule has 28 heavy (non-hydrogen) atoms. The second-order valence-electron chi connectivity index (χ2n) is 8.88. The molecule has 6 nitrogen and oxygen atoms in total. The molecule has 1 heterocycles. The third kappa shape index (κ3) is 6.08. The first-order chi connectivity index (χ1) is 13.1. The van der Waals surface area contributed by atoms with Crippen LogP contribution in [0.5, 0.6) is 0 Å². The van der Waals surface area contributed by atoms with Gasteiger partial charge < -0.3 is 15.5 Å². The standard InChI is InChI=1S/C22H33N3O3/c1-15(2)19(26)24-18-8-6-16(7-9-18)14-23-20(27)17-10-12-25(13-11-17)21(28)22(3,4)5/h6-9,15,17H,10-14H2,1-5H3,(H,23,27)(H,24,26). The fourth-order valence-electron chi connectivity index (χ4n) is 3.15. The van der Waals surface area contributed by atoms with Gasteiger partial charge >= 0.3 is 0 Å². The summed E-state index contributed by atoms with van der Waals surface area (Å²) in [5.41, 5.74) is 1.36. The van der Waals surface area contributed by atoms with Gasteiger partial charge in [-0.15, -0.1) is 0 Å². The Morgan fingerprint density at radius 2 is 1.64 bits per heavy atom. The van der Waals surface area contributed by atoms with Gasteiger partial charge in [0, 0.05) is 42.6 Å². The van der Waals surface area contributed by atoms with Crippen LogP contribution in [0.15, 0.2) is 24.3 Å². The number of hydrogen-bond acceptors (Lipinski definition) is 3. The quantitative estimate of drug-likeness (QED) is 0.814. The average Bonchev–Trinajstić information content (AvgIpc) is 2.66. The van der Waals surface area contributed by atoms with Gasteiger partial charge in [0.2, 0.25) is 17.7 Å². The molecular weight excluding hydrogens is 354 g/mol. The molecule has 0 radical (unpaired) electrons. The predicted molar refractivity (Wildman–Crippen MR) is 111 cm³/mol. The normalized spacial score (nSPS) is 15.4. The molecule has 0 saturated carbocycles. The summed E-state index contributed by atoms with van der Waals surface area (Å²) in [4.78, 5) is 38.4. The first kappa shape index (κ1) is 21.9. The van der Waals surface area contributed by atoms with Crippen LogP contribution in [0.3, 0.4) is 0 Å². The van der Waals surface area contributed by atoms with Crippen molar-refractivity contribution in [3.05, 3.63) is 29.8 Å². The Kier molecular flexibility index (Phi) is 7.22. The van der Waals surface area contributed by atoms with E-state index in [1.54, 1.807) is 0 Å². The molecule has 6 heteroatoms. The fourth-order valence-corrected chi connectivity index (χ4v) is 3.15. The number of nitrogens with one attached hydrogen (secondary N) is 2. The molecule has 3 amide bonds. The van der Waals surface area contributed by atoms with Gasteiger partial charge in [-0.1, -0.05) is 46.8 Å². The molecule has 0 unspecified atom stereocenters. The van der Waals surface area contributed by atoms with Crippen molar-refractivity contribution in [1.29, 1.82) is 0 Å². The van der Waals surface area contributed by atoms with E-state index in [1.165, 1.54) is 0 Å². The highest BCUT2D eigenvalue weighted by Crippen LogP contribution is 2.23. The first-order valence-electron chi connectivity index (χ1n) is 10.0. The molecule has 1 aromatic rings. The van der Waals surface area contributed by atoms with Crippen molar-refractivity contribution < 1.29 is 14.4 Å². The number of hydrogen-bond donors (Lipinski definition) is 2. The van der Waals surface area contributed by atoms with Crippen molar-refractivity contribution >= 4 is 23.4 Å². The monoisotopic (exact) mass is 387 g/mol. The number of anilines is 1. The summed E-state index contributed by atoms with van der Waals surface area (Å²) in [6.45, 7) is 11.2. The van der Waals surface area contributed by atoms with Crippen LogP contribution in [0.4, 0.5) is 5.69 Å². The molecule has 0 atom stereocenters. The van der Waals surface area contributed by atoms with Gasteiger partial charge in [-0.25, -0.2) is 0 Å². The Hall–Kier alpha value is -2.37. The zero-order chi connectivity index (χ0) is 20.9. The fraction of sp³-hybridized carbons (Fsp3) is 0.591. The van der Waals surface area contributed by atoms with E-state index in [4.69, 9.17) is 0 Å². The third-order valence-electron chi connectivity index (χ3n) is 5.01. The lowest BCUT2D eigenvalue weighted by atomic mass is 9.90. The Bertz CT molecular complexity index is 697. The highest BCUT2D eigenvalue weighted by Gasteiger charge is 2.32. The Morgan fingerprint density at radius 3 is 2.14 bits per heavy atom. The summed E-state index contributed by atoms with van der Waals surface area (Å²) in [7, 11) is 0. The number of likely N-dealkylation sites (tertiary alicyclic amines) is 1. The molecule has 0 aliphatic carbocycles. The second-order valence-corrected chi connectivity index (χ2v) is 8.88. The van der Waals surface area contributed by atoms with E-state index in [-0.39, 0.29) is 35.0 Å². The summed E-state index contributed by atoms with van der Waals surface area (Å²) < 4.78 is 0. The molecule has 2 N–H and O–H groups in total. The van der Waals surface area contributed by atoms with Gasteiger partial charge in [0.1, 0.15) is 0 Å². The molecule has 1 fully saturated rings. The molecule has 0 aromatic heterocycles. The minimum Gasteiger partial charge on any atom is -0.352 e. The van der Waals surface area contributed by atoms with Crippen molar-refractivity contribution in [1.82, 2.24) is 10.2 Å². The summed E-state index contributed by atoms with van der Waals surface area (Å²) in [6, 6.07) is 7.50. The summed E-state index contributed by atoms with van der Waals surface area (Å²) >= 11 is 0. The Labute approximate surface area is 168 Å². The molecule has 1 aliphatic rings. The maximum atomic E-state index is 12.5. The lowest BCUT2D eigenvalue weighted by Crippen LogP contribution is -2.46. The van der Waals surface area contributed by atoms with Crippen molar-refractivity contribution in [3.63, 3.8) is 0 Å². The number of nitrogens with zero attached hydrogens (tertiary/aromatic N) is 1. The lowest BCUT2D eigenvalue weighted by Gasteiger charge is -2.35. The first-order valence-corrected chi connectivity index (χ1v) is 10.0. The van der Waals surface area contributed by atoms with E-state index in [9.17, 15) is 14.4 Å². The maximum Gasteiger partial charge on any atom is 0.227 e. The van der Waals surface area contributed by atoms with E-state index >= 15 is 0 Å². The van der Waals surface area contributed by atoms with Crippen LogP contribution in [0.1, 0.15) is 53.0 Å².